The lowest BCUT2D eigenvalue weighted by atomic mass is 10.0. The maximum atomic E-state index is 10.2. The fourth-order valence-corrected chi connectivity index (χ4v) is 2.12. The van der Waals surface area contributed by atoms with Crippen molar-refractivity contribution in [2.24, 2.45) is 0 Å². The van der Waals surface area contributed by atoms with E-state index in [1.807, 2.05) is 12.1 Å². The Morgan fingerprint density at radius 3 is 2.63 bits per heavy atom. The van der Waals surface area contributed by atoms with Crippen molar-refractivity contribution in [3.8, 4) is 11.5 Å². The van der Waals surface area contributed by atoms with Crippen LogP contribution in [0, 0.1) is 0 Å². The zero-order chi connectivity index (χ0) is 13.7. The molecule has 2 rings (SSSR count). The molecule has 0 aromatic heterocycles. The first kappa shape index (κ1) is 14.1. The van der Waals surface area contributed by atoms with Gasteiger partial charge in [0.25, 0.3) is 0 Å². The Bertz CT molecular complexity index is 401. The molecule has 1 unspecified atom stereocenters. The third-order valence-electron chi connectivity index (χ3n) is 3.17. The van der Waals surface area contributed by atoms with Crippen LogP contribution in [0.2, 0.25) is 0 Å². The highest BCUT2D eigenvalue weighted by molar-refractivity contribution is 5.41. The van der Waals surface area contributed by atoms with Crippen LogP contribution in [0.1, 0.15) is 24.5 Å². The van der Waals surface area contributed by atoms with Crippen LogP contribution in [-0.2, 0) is 9.47 Å². The molecule has 0 spiro atoms. The topological polar surface area (TPSA) is 57.2 Å². The molecule has 1 atom stereocenters. The summed E-state index contributed by atoms with van der Waals surface area (Å²) in [5.41, 5.74) is 0.751. The molecule has 5 nitrogen and oxygen atoms in total. The lowest BCUT2D eigenvalue weighted by Crippen LogP contribution is -2.10. The number of hydrogen-bond donors (Lipinski definition) is 1. The smallest absolute Gasteiger partial charge is 0.157 e. The molecule has 1 heterocycles. The zero-order valence-corrected chi connectivity index (χ0v) is 11.3. The molecule has 19 heavy (non-hydrogen) atoms. The SMILES string of the molecule is COc1ccc(C(O)CCC2OCCO2)c(OC)c1. The van der Waals surface area contributed by atoms with E-state index in [1.54, 1.807) is 20.3 Å². The van der Waals surface area contributed by atoms with Gasteiger partial charge in [0.15, 0.2) is 6.29 Å². The largest absolute Gasteiger partial charge is 0.497 e. The average molecular weight is 268 g/mol. The van der Waals surface area contributed by atoms with Crippen molar-refractivity contribution in [1.82, 2.24) is 0 Å². The van der Waals surface area contributed by atoms with E-state index in [0.717, 1.165) is 5.56 Å². The Hall–Kier alpha value is -1.30. The Balaban J connectivity index is 1.98. The molecular formula is C14H20O5. The molecule has 5 heteroatoms. The van der Waals surface area contributed by atoms with E-state index in [4.69, 9.17) is 18.9 Å². The van der Waals surface area contributed by atoms with Crippen molar-refractivity contribution in [3.05, 3.63) is 23.8 Å². The number of methoxy groups -OCH3 is 2. The van der Waals surface area contributed by atoms with E-state index in [1.165, 1.54) is 0 Å². The fraction of sp³-hybridized carbons (Fsp3) is 0.571. The summed E-state index contributed by atoms with van der Waals surface area (Å²) >= 11 is 0. The second kappa shape index (κ2) is 6.75. The molecule has 1 saturated heterocycles. The summed E-state index contributed by atoms with van der Waals surface area (Å²) in [4.78, 5) is 0. The van der Waals surface area contributed by atoms with Gasteiger partial charge >= 0.3 is 0 Å². The third-order valence-corrected chi connectivity index (χ3v) is 3.17. The summed E-state index contributed by atoms with van der Waals surface area (Å²) in [7, 11) is 3.17. The molecule has 0 bridgehead atoms. The summed E-state index contributed by atoms with van der Waals surface area (Å²) in [5, 5.41) is 10.2. The highest BCUT2D eigenvalue weighted by Crippen LogP contribution is 2.32. The van der Waals surface area contributed by atoms with Crippen LogP contribution in [-0.4, -0.2) is 38.8 Å². The molecule has 106 valence electrons. The number of benzene rings is 1. The molecule has 1 N–H and O–H groups in total. The first-order valence-electron chi connectivity index (χ1n) is 6.37. The number of rotatable bonds is 6. The predicted octanol–water partition coefficient (Wildman–Crippen LogP) is 1.89. The van der Waals surface area contributed by atoms with Crippen LogP contribution in [0.3, 0.4) is 0 Å². The van der Waals surface area contributed by atoms with Gasteiger partial charge in [-0.05, 0) is 18.6 Å². The second-order valence-electron chi connectivity index (χ2n) is 4.37. The standard InChI is InChI=1S/C14H20O5/c1-16-10-3-4-11(13(9-10)17-2)12(15)5-6-14-18-7-8-19-14/h3-4,9,12,14-15H,5-8H2,1-2H3. The number of aliphatic hydroxyl groups is 1. The van der Waals surface area contributed by atoms with Crippen molar-refractivity contribution >= 4 is 0 Å². The maximum Gasteiger partial charge on any atom is 0.157 e. The van der Waals surface area contributed by atoms with E-state index in [2.05, 4.69) is 0 Å². The summed E-state index contributed by atoms with van der Waals surface area (Å²) in [6.45, 7) is 1.26. The van der Waals surface area contributed by atoms with E-state index < -0.39 is 6.10 Å². The fourth-order valence-electron chi connectivity index (χ4n) is 2.12. The van der Waals surface area contributed by atoms with Crippen LogP contribution in [0.4, 0.5) is 0 Å². The molecule has 0 radical (unpaired) electrons. The Morgan fingerprint density at radius 2 is 2.00 bits per heavy atom. The first-order chi connectivity index (χ1) is 9.24. The van der Waals surface area contributed by atoms with E-state index in [-0.39, 0.29) is 6.29 Å². The monoisotopic (exact) mass is 268 g/mol. The Kier molecular flexibility index (Phi) is 5.01. The number of ether oxygens (including phenoxy) is 4. The highest BCUT2D eigenvalue weighted by atomic mass is 16.7. The average Bonchev–Trinajstić information content (AvgIpc) is 2.97. The van der Waals surface area contributed by atoms with Crippen molar-refractivity contribution in [3.63, 3.8) is 0 Å². The van der Waals surface area contributed by atoms with Crippen molar-refractivity contribution in [2.45, 2.75) is 25.2 Å². The molecule has 1 aromatic rings. The summed E-state index contributed by atoms with van der Waals surface area (Å²) in [6, 6.07) is 5.39. The van der Waals surface area contributed by atoms with Crippen LogP contribution in [0.5, 0.6) is 11.5 Å². The molecule has 0 aliphatic carbocycles. The van der Waals surface area contributed by atoms with Gasteiger partial charge in [0, 0.05) is 18.1 Å². The lowest BCUT2D eigenvalue weighted by Gasteiger charge is -2.17. The van der Waals surface area contributed by atoms with Gasteiger partial charge in [0.1, 0.15) is 11.5 Å². The lowest BCUT2D eigenvalue weighted by molar-refractivity contribution is -0.0542. The zero-order valence-electron chi connectivity index (χ0n) is 11.3. The number of aliphatic hydroxyl groups excluding tert-OH is 1. The first-order valence-corrected chi connectivity index (χ1v) is 6.37. The summed E-state index contributed by atoms with van der Waals surface area (Å²) in [5.74, 6) is 1.33. The van der Waals surface area contributed by atoms with E-state index >= 15 is 0 Å². The van der Waals surface area contributed by atoms with Gasteiger partial charge in [-0.3, -0.25) is 0 Å². The predicted molar refractivity (Wildman–Crippen MR) is 69.4 cm³/mol. The van der Waals surface area contributed by atoms with Gasteiger partial charge in [-0.1, -0.05) is 0 Å². The minimum absolute atomic E-state index is 0.195. The van der Waals surface area contributed by atoms with Crippen LogP contribution in [0.15, 0.2) is 18.2 Å². The van der Waals surface area contributed by atoms with Crippen LogP contribution in [0.25, 0.3) is 0 Å². The molecule has 1 aliphatic heterocycles. The summed E-state index contributed by atoms with van der Waals surface area (Å²) < 4.78 is 21.1. The van der Waals surface area contributed by atoms with E-state index in [0.29, 0.717) is 37.6 Å². The minimum Gasteiger partial charge on any atom is -0.497 e. The molecule has 1 fully saturated rings. The molecule has 1 aliphatic rings. The van der Waals surface area contributed by atoms with Gasteiger partial charge < -0.3 is 24.1 Å². The maximum absolute atomic E-state index is 10.2. The van der Waals surface area contributed by atoms with Gasteiger partial charge in [-0.15, -0.1) is 0 Å². The van der Waals surface area contributed by atoms with Gasteiger partial charge in [-0.25, -0.2) is 0 Å². The van der Waals surface area contributed by atoms with E-state index in [9.17, 15) is 5.11 Å². The second-order valence-corrected chi connectivity index (χ2v) is 4.37. The number of hydrogen-bond acceptors (Lipinski definition) is 5. The van der Waals surface area contributed by atoms with Crippen LogP contribution < -0.4 is 9.47 Å². The molecule has 0 saturated carbocycles. The van der Waals surface area contributed by atoms with Gasteiger partial charge in [0.05, 0.1) is 33.5 Å². The molecular weight excluding hydrogens is 248 g/mol. The summed E-state index contributed by atoms with van der Waals surface area (Å²) in [6.07, 6.45) is 0.427. The minimum atomic E-state index is -0.603. The Morgan fingerprint density at radius 1 is 1.26 bits per heavy atom. The Labute approximate surface area is 113 Å². The third kappa shape index (κ3) is 3.59. The quantitative estimate of drug-likeness (QED) is 0.853. The van der Waals surface area contributed by atoms with Crippen molar-refractivity contribution < 1.29 is 24.1 Å². The molecule has 0 amide bonds. The van der Waals surface area contributed by atoms with Gasteiger partial charge in [0.2, 0.25) is 0 Å². The highest BCUT2D eigenvalue weighted by Gasteiger charge is 2.20. The van der Waals surface area contributed by atoms with Gasteiger partial charge in [-0.2, -0.15) is 0 Å². The normalized spacial score (nSPS) is 17.4. The van der Waals surface area contributed by atoms with Crippen molar-refractivity contribution in [1.29, 1.82) is 0 Å². The van der Waals surface area contributed by atoms with Crippen LogP contribution >= 0.6 is 0 Å². The molecule has 1 aromatic carbocycles. The van der Waals surface area contributed by atoms with Crippen molar-refractivity contribution in [2.75, 3.05) is 27.4 Å².